The smallest absolute Gasteiger partial charge is 0.0754 e. The van der Waals surface area contributed by atoms with E-state index in [4.69, 9.17) is 4.74 Å². The van der Waals surface area contributed by atoms with Crippen molar-refractivity contribution in [1.82, 2.24) is 4.90 Å². The molecule has 0 spiro atoms. The summed E-state index contributed by atoms with van der Waals surface area (Å²) in [6, 6.07) is 0.194. The third kappa shape index (κ3) is 2.25. The standard InChI is InChI=1S/C12H23NO3/c1-12(2,3)16-10-4-5-13-6-9(15)8(7-14)11(10)13/h8-11,14-15H,4-7H2,1-3H3/t8-,9+,10+,11-/m1/s1. The molecular formula is C12H23NO3. The van der Waals surface area contributed by atoms with Gasteiger partial charge in [0.15, 0.2) is 0 Å². The summed E-state index contributed by atoms with van der Waals surface area (Å²) in [5.74, 6) is -0.0464. The Hall–Kier alpha value is -0.160. The maximum absolute atomic E-state index is 9.85. The number of nitrogens with zero attached hydrogens (tertiary/aromatic N) is 1. The van der Waals surface area contributed by atoms with Crippen LogP contribution in [0.4, 0.5) is 0 Å². The first-order chi connectivity index (χ1) is 7.42. The largest absolute Gasteiger partial charge is 0.396 e. The molecule has 2 fully saturated rings. The second-order valence-electron chi connectivity index (χ2n) is 5.96. The van der Waals surface area contributed by atoms with Gasteiger partial charge in [0.1, 0.15) is 0 Å². The lowest BCUT2D eigenvalue weighted by Crippen LogP contribution is -2.41. The molecule has 0 aromatic heterocycles. The normalized spacial score (nSPS) is 40.3. The Bertz CT molecular complexity index is 251. The Morgan fingerprint density at radius 1 is 1.38 bits per heavy atom. The van der Waals surface area contributed by atoms with E-state index in [1.807, 2.05) is 0 Å². The Morgan fingerprint density at radius 3 is 2.62 bits per heavy atom. The van der Waals surface area contributed by atoms with Gasteiger partial charge in [-0.1, -0.05) is 0 Å². The number of ether oxygens (including phenoxy) is 1. The highest BCUT2D eigenvalue weighted by Gasteiger charge is 2.49. The summed E-state index contributed by atoms with van der Waals surface area (Å²) in [5.41, 5.74) is -0.159. The Kier molecular flexibility index (Phi) is 3.27. The van der Waals surface area contributed by atoms with Gasteiger partial charge in [-0.25, -0.2) is 0 Å². The summed E-state index contributed by atoms with van der Waals surface area (Å²) in [7, 11) is 0. The number of aliphatic hydroxyl groups excluding tert-OH is 2. The molecule has 0 aliphatic carbocycles. The fourth-order valence-electron chi connectivity index (χ4n) is 3.02. The summed E-state index contributed by atoms with van der Waals surface area (Å²) in [4.78, 5) is 2.25. The van der Waals surface area contributed by atoms with E-state index in [1.54, 1.807) is 0 Å². The third-order valence-corrected chi connectivity index (χ3v) is 3.57. The van der Waals surface area contributed by atoms with Crippen LogP contribution in [0.15, 0.2) is 0 Å². The Morgan fingerprint density at radius 2 is 2.06 bits per heavy atom. The van der Waals surface area contributed by atoms with Crippen molar-refractivity contribution in [1.29, 1.82) is 0 Å². The van der Waals surface area contributed by atoms with Crippen molar-refractivity contribution in [3.63, 3.8) is 0 Å². The van der Waals surface area contributed by atoms with Gasteiger partial charge in [0.25, 0.3) is 0 Å². The van der Waals surface area contributed by atoms with Gasteiger partial charge >= 0.3 is 0 Å². The number of fused-ring (bicyclic) bond motifs is 1. The Labute approximate surface area is 97.2 Å². The molecule has 94 valence electrons. The average molecular weight is 229 g/mol. The van der Waals surface area contributed by atoms with E-state index < -0.39 is 6.10 Å². The molecular weight excluding hydrogens is 206 g/mol. The maximum atomic E-state index is 9.85. The molecule has 0 unspecified atom stereocenters. The maximum Gasteiger partial charge on any atom is 0.0754 e. The number of aliphatic hydroxyl groups is 2. The molecule has 4 atom stereocenters. The Balaban J connectivity index is 2.06. The molecule has 0 radical (unpaired) electrons. The molecule has 2 aliphatic heterocycles. The van der Waals surface area contributed by atoms with Crippen LogP contribution in [0, 0.1) is 5.92 Å². The minimum atomic E-state index is -0.402. The molecule has 4 heteroatoms. The lowest BCUT2D eigenvalue weighted by Gasteiger charge is -2.31. The molecule has 4 nitrogen and oxygen atoms in total. The third-order valence-electron chi connectivity index (χ3n) is 3.57. The van der Waals surface area contributed by atoms with Crippen molar-refractivity contribution in [2.75, 3.05) is 19.7 Å². The molecule has 0 saturated carbocycles. The molecule has 2 N–H and O–H groups in total. The van der Waals surface area contributed by atoms with E-state index in [0.717, 1.165) is 13.0 Å². The molecule has 0 amide bonds. The van der Waals surface area contributed by atoms with Crippen LogP contribution in [0.3, 0.4) is 0 Å². The molecule has 0 bridgehead atoms. The van der Waals surface area contributed by atoms with Gasteiger partial charge in [0.2, 0.25) is 0 Å². The van der Waals surface area contributed by atoms with Crippen LogP contribution in [0.2, 0.25) is 0 Å². The van der Waals surface area contributed by atoms with Crippen LogP contribution in [0.5, 0.6) is 0 Å². The topological polar surface area (TPSA) is 52.9 Å². The van der Waals surface area contributed by atoms with E-state index in [9.17, 15) is 10.2 Å². The van der Waals surface area contributed by atoms with Gasteiger partial charge in [0.05, 0.1) is 24.4 Å². The zero-order valence-corrected chi connectivity index (χ0v) is 10.4. The zero-order valence-electron chi connectivity index (χ0n) is 10.4. The van der Waals surface area contributed by atoms with Crippen molar-refractivity contribution in [2.24, 2.45) is 5.92 Å². The van der Waals surface area contributed by atoms with E-state index in [0.29, 0.717) is 6.54 Å². The predicted octanol–water partition coefficient (Wildman–Crippen LogP) is 0.227. The first kappa shape index (κ1) is 12.3. The van der Waals surface area contributed by atoms with Crippen molar-refractivity contribution >= 4 is 0 Å². The molecule has 2 heterocycles. The quantitative estimate of drug-likeness (QED) is 0.711. The minimum absolute atomic E-state index is 0.0464. The van der Waals surface area contributed by atoms with Crippen molar-refractivity contribution in [3.8, 4) is 0 Å². The SMILES string of the molecule is CC(C)(C)O[C@H]1CCN2C[C@H](O)[C@@H](CO)[C@H]12. The molecule has 0 aromatic carbocycles. The second kappa shape index (κ2) is 4.26. The van der Waals surface area contributed by atoms with E-state index in [-0.39, 0.29) is 30.3 Å². The molecule has 0 aromatic rings. The van der Waals surface area contributed by atoms with E-state index in [2.05, 4.69) is 25.7 Å². The van der Waals surface area contributed by atoms with Crippen LogP contribution in [-0.4, -0.2) is 58.7 Å². The summed E-state index contributed by atoms with van der Waals surface area (Å²) in [6.45, 7) is 7.85. The zero-order chi connectivity index (χ0) is 11.9. The lowest BCUT2D eigenvalue weighted by molar-refractivity contribution is -0.0809. The number of rotatable bonds is 2. The van der Waals surface area contributed by atoms with Crippen molar-refractivity contribution < 1.29 is 14.9 Å². The fraction of sp³-hybridized carbons (Fsp3) is 1.00. The lowest BCUT2D eigenvalue weighted by atomic mass is 9.95. The fourth-order valence-corrected chi connectivity index (χ4v) is 3.02. The monoisotopic (exact) mass is 229 g/mol. The van der Waals surface area contributed by atoms with E-state index in [1.165, 1.54) is 0 Å². The molecule has 2 aliphatic rings. The van der Waals surface area contributed by atoms with E-state index >= 15 is 0 Å². The van der Waals surface area contributed by atoms with Gasteiger partial charge in [-0.15, -0.1) is 0 Å². The summed E-state index contributed by atoms with van der Waals surface area (Å²) < 4.78 is 6.03. The van der Waals surface area contributed by atoms with Gasteiger partial charge in [-0.2, -0.15) is 0 Å². The van der Waals surface area contributed by atoms with Gasteiger partial charge in [-0.05, 0) is 27.2 Å². The van der Waals surface area contributed by atoms with Gasteiger partial charge < -0.3 is 14.9 Å². The summed E-state index contributed by atoms with van der Waals surface area (Å²) >= 11 is 0. The minimum Gasteiger partial charge on any atom is -0.396 e. The van der Waals surface area contributed by atoms with Crippen molar-refractivity contribution in [2.45, 2.75) is 51.0 Å². The van der Waals surface area contributed by atoms with Crippen LogP contribution < -0.4 is 0 Å². The van der Waals surface area contributed by atoms with Crippen LogP contribution in [0.25, 0.3) is 0 Å². The van der Waals surface area contributed by atoms with Crippen LogP contribution in [0.1, 0.15) is 27.2 Å². The van der Waals surface area contributed by atoms with Gasteiger partial charge in [-0.3, -0.25) is 4.90 Å². The predicted molar refractivity (Wildman–Crippen MR) is 61.2 cm³/mol. The summed E-state index contributed by atoms with van der Waals surface area (Å²) in [6.07, 6.45) is 0.751. The van der Waals surface area contributed by atoms with Crippen molar-refractivity contribution in [3.05, 3.63) is 0 Å². The highest BCUT2D eigenvalue weighted by Crippen LogP contribution is 2.36. The molecule has 16 heavy (non-hydrogen) atoms. The average Bonchev–Trinajstić information content (AvgIpc) is 2.63. The van der Waals surface area contributed by atoms with Gasteiger partial charge in [0, 0.05) is 25.0 Å². The van der Waals surface area contributed by atoms with Crippen LogP contribution >= 0.6 is 0 Å². The second-order valence-corrected chi connectivity index (χ2v) is 5.96. The summed E-state index contributed by atoms with van der Waals surface area (Å²) in [5, 5.41) is 19.2. The molecule has 2 rings (SSSR count). The highest BCUT2D eigenvalue weighted by molar-refractivity contribution is 5.02. The first-order valence-electron chi connectivity index (χ1n) is 6.13. The first-order valence-corrected chi connectivity index (χ1v) is 6.13. The number of hydrogen-bond donors (Lipinski definition) is 2. The van der Waals surface area contributed by atoms with Crippen LogP contribution in [-0.2, 0) is 4.74 Å². The number of hydrogen-bond acceptors (Lipinski definition) is 4. The molecule has 2 saturated heterocycles. The highest BCUT2D eigenvalue weighted by atomic mass is 16.5.